The van der Waals surface area contributed by atoms with Crippen LogP contribution in [0.15, 0.2) is 28.7 Å². The van der Waals surface area contributed by atoms with Crippen LogP contribution in [-0.2, 0) is 7.05 Å². The summed E-state index contributed by atoms with van der Waals surface area (Å²) in [4.78, 5) is 0. The molecule has 0 amide bonds. The first-order chi connectivity index (χ1) is 8.49. The number of amidine groups is 1. The fourth-order valence-corrected chi connectivity index (χ4v) is 1.94. The smallest absolute Gasteiger partial charge is 0.228 e. The Morgan fingerprint density at radius 2 is 2.00 bits per heavy atom. The van der Waals surface area contributed by atoms with Crippen molar-refractivity contribution in [2.24, 2.45) is 12.8 Å². The summed E-state index contributed by atoms with van der Waals surface area (Å²) >= 11 is 3.36. The number of rotatable bonds is 3. The van der Waals surface area contributed by atoms with E-state index in [4.69, 9.17) is 15.9 Å². The Balaban J connectivity index is 2.39. The van der Waals surface area contributed by atoms with Crippen LogP contribution in [0.3, 0.4) is 0 Å². The molecular weight excluding hydrogens is 296 g/mol. The molecule has 18 heavy (non-hydrogen) atoms. The molecule has 3 N–H and O–H groups in total. The molecule has 0 spiro atoms. The van der Waals surface area contributed by atoms with Crippen LogP contribution >= 0.6 is 15.9 Å². The number of aryl methyl sites for hydroxylation is 2. The molecule has 0 atom stereocenters. The number of nitrogens with two attached hydrogens (primary N) is 1. The van der Waals surface area contributed by atoms with Crippen LogP contribution in [0.25, 0.3) is 0 Å². The van der Waals surface area contributed by atoms with E-state index in [1.54, 1.807) is 18.7 Å². The molecule has 1 aromatic carbocycles. The summed E-state index contributed by atoms with van der Waals surface area (Å²) in [7, 11) is 1.76. The van der Waals surface area contributed by atoms with Crippen LogP contribution in [0.4, 0.5) is 0 Å². The first-order valence-corrected chi connectivity index (χ1v) is 6.09. The van der Waals surface area contributed by atoms with Gasteiger partial charge in [0.05, 0.1) is 5.69 Å². The van der Waals surface area contributed by atoms with E-state index in [1.807, 2.05) is 24.3 Å². The lowest BCUT2D eigenvalue weighted by molar-refractivity contribution is 0.429. The molecule has 6 heteroatoms. The highest BCUT2D eigenvalue weighted by molar-refractivity contribution is 9.10. The molecular formula is C12H13BrN4O. The molecule has 0 saturated heterocycles. The van der Waals surface area contributed by atoms with Gasteiger partial charge < -0.3 is 10.5 Å². The van der Waals surface area contributed by atoms with Gasteiger partial charge in [-0.3, -0.25) is 5.41 Å². The fourth-order valence-electron chi connectivity index (χ4n) is 1.68. The predicted octanol–water partition coefficient (Wildman–Crippen LogP) is 2.57. The highest BCUT2D eigenvalue weighted by atomic mass is 79.9. The third kappa shape index (κ3) is 2.38. The van der Waals surface area contributed by atoms with E-state index in [9.17, 15) is 0 Å². The van der Waals surface area contributed by atoms with Gasteiger partial charge in [-0.25, -0.2) is 4.68 Å². The Bertz CT molecular complexity index is 589. The SMILES string of the molecule is Cc1nn(C)c(Oc2ccc(Br)cc2)c1C(=N)N. The topological polar surface area (TPSA) is 76.9 Å². The van der Waals surface area contributed by atoms with Gasteiger partial charge in [-0.15, -0.1) is 0 Å². The Kier molecular flexibility index (Phi) is 3.38. The highest BCUT2D eigenvalue weighted by Crippen LogP contribution is 2.27. The summed E-state index contributed by atoms with van der Waals surface area (Å²) in [6, 6.07) is 7.42. The number of hydrogen-bond acceptors (Lipinski definition) is 3. The van der Waals surface area contributed by atoms with Gasteiger partial charge in [0.15, 0.2) is 0 Å². The lowest BCUT2D eigenvalue weighted by Crippen LogP contribution is -2.13. The number of hydrogen-bond donors (Lipinski definition) is 2. The maximum Gasteiger partial charge on any atom is 0.228 e. The van der Waals surface area contributed by atoms with Crippen molar-refractivity contribution in [2.75, 3.05) is 0 Å². The van der Waals surface area contributed by atoms with Crippen molar-refractivity contribution < 1.29 is 4.74 Å². The minimum atomic E-state index is -0.0484. The molecule has 0 bridgehead atoms. The van der Waals surface area contributed by atoms with Crippen molar-refractivity contribution in [3.63, 3.8) is 0 Å². The van der Waals surface area contributed by atoms with Gasteiger partial charge in [0.2, 0.25) is 5.88 Å². The van der Waals surface area contributed by atoms with Crippen LogP contribution in [0.2, 0.25) is 0 Å². The number of nitrogens with zero attached hydrogens (tertiary/aromatic N) is 2. The van der Waals surface area contributed by atoms with E-state index in [0.29, 0.717) is 22.9 Å². The first-order valence-electron chi connectivity index (χ1n) is 5.30. The van der Waals surface area contributed by atoms with Gasteiger partial charge in [0.1, 0.15) is 17.1 Å². The van der Waals surface area contributed by atoms with Crippen molar-refractivity contribution in [1.29, 1.82) is 5.41 Å². The van der Waals surface area contributed by atoms with Gasteiger partial charge in [-0.1, -0.05) is 15.9 Å². The monoisotopic (exact) mass is 308 g/mol. The van der Waals surface area contributed by atoms with Gasteiger partial charge in [0.25, 0.3) is 0 Å². The van der Waals surface area contributed by atoms with E-state index in [1.165, 1.54) is 0 Å². The summed E-state index contributed by atoms with van der Waals surface area (Å²) in [5.41, 5.74) is 6.76. The summed E-state index contributed by atoms with van der Waals surface area (Å²) in [6.07, 6.45) is 0. The van der Waals surface area contributed by atoms with Gasteiger partial charge in [-0.05, 0) is 31.2 Å². The quantitative estimate of drug-likeness (QED) is 0.676. The molecule has 1 aromatic heterocycles. The van der Waals surface area contributed by atoms with E-state index in [2.05, 4.69) is 21.0 Å². The minimum absolute atomic E-state index is 0.0484. The second-order valence-corrected chi connectivity index (χ2v) is 4.77. The summed E-state index contributed by atoms with van der Waals surface area (Å²) in [6.45, 7) is 1.80. The van der Waals surface area contributed by atoms with Crippen molar-refractivity contribution in [2.45, 2.75) is 6.92 Å². The van der Waals surface area contributed by atoms with Gasteiger partial charge >= 0.3 is 0 Å². The van der Waals surface area contributed by atoms with Gasteiger partial charge in [0, 0.05) is 11.5 Å². The van der Waals surface area contributed by atoms with Crippen molar-refractivity contribution in [3.05, 3.63) is 40.0 Å². The standard InChI is InChI=1S/C12H13BrN4O/c1-7-10(11(14)15)12(17(2)16-7)18-9-5-3-8(13)4-6-9/h3-6H,1-2H3,(H3,14,15). The van der Waals surface area contributed by atoms with Crippen molar-refractivity contribution >= 4 is 21.8 Å². The maximum atomic E-state index is 7.57. The third-order valence-corrected chi connectivity index (χ3v) is 3.00. The van der Waals surface area contributed by atoms with Crippen LogP contribution in [0, 0.1) is 12.3 Å². The normalized spacial score (nSPS) is 10.4. The maximum absolute atomic E-state index is 7.57. The lowest BCUT2D eigenvalue weighted by atomic mass is 10.2. The number of aromatic nitrogens is 2. The molecule has 0 saturated carbocycles. The molecule has 0 aliphatic rings. The molecule has 0 radical (unpaired) electrons. The number of benzene rings is 1. The van der Waals surface area contributed by atoms with E-state index in [-0.39, 0.29) is 5.84 Å². The largest absolute Gasteiger partial charge is 0.439 e. The van der Waals surface area contributed by atoms with Crippen LogP contribution < -0.4 is 10.5 Å². The molecule has 0 aliphatic carbocycles. The second-order valence-electron chi connectivity index (χ2n) is 3.86. The van der Waals surface area contributed by atoms with Crippen LogP contribution in [0.1, 0.15) is 11.3 Å². The fraction of sp³-hybridized carbons (Fsp3) is 0.167. The second kappa shape index (κ2) is 4.81. The Morgan fingerprint density at radius 1 is 1.39 bits per heavy atom. The van der Waals surface area contributed by atoms with E-state index in [0.717, 1.165) is 4.47 Å². The molecule has 0 aliphatic heterocycles. The molecule has 2 rings (SSSR count). The lowest BCUT2D eigenvalue weighted by Gasteiger charge is -2.08. The Morgan fingerprint density at radius 3 is 2.56 bits per heavy atom. The van der Waals surface area contributed by atoms with Gasteiger partial charge in [-0.2, -0.15) is 5.10 Å². The predicted molar refractivity (Wildman–Crippen MR) is 73.2 cm³/mol. The minimum Gasteiger partial charge on any atom is -0.439 e. The Labute approximate surface area is 113 Å². The zero-order valence-electron chi connectivity index (χ0n) is 10.1. The Hall–Kier alpha value is -1.82. The highest BCUT2D eigenvalue weighted by Gasteiger charge is 2.17. The first kappa shape index (κ1) is 12.6. The summed E-state index contributed by atoms with van der Waals surface area (Å²) in [5.74, 6) is 1.10. The average molecular weight is 309 g/mol. The molecule has 2 aromatic rings. The molecule has 0 unspecified atom stereocenters. The van der Waals surface area contributed by atoms with Crippen molar-refractivity contribution in [1.82, 2.24) is 9.78 Å². The zero-order chi connectivity index (χ0) is 13.3. The number of halogens is 1. The zero-order valence-corrected chi connectivity index (χ0v) is 11.7. The third-order valence-electron chi connectivity index (χ3n) is 2.47. The van der Waals surface area contributed by atoms with Crippen LogP contribution in [0.5, 0.6) is 11.6 Å². The summed E-state index contributed by atoms with van der Waals surface area (Å²) < 4.78 is 8.29. The number of nitrogens with one attached hydrogen (secondary N) is 1. The van der Waals surface area contributed by atoms with Crippen molar-refractivity contribution in [3.8, 4) is 11.6 Å². The van der Waals surface area contributed by atoms with Crippen LogP contribution in [-0.4, -0.2) is 15.6 Å². The average Bonchev–Trinajstić information content (AvgIpc) is 2.57. The molecule has 1 heterocycles. The van der Waals surface area contributed by atoms with E-state index < -0.39 is 0 Å². The number of ether oxygens (including phenoxy) is 1. The number of nitrogen functional groups attached to an aromatic ring is 1. The molecule has 94 valence electrons. The van der Waals surface area contributed by atoms with E-state index >= 15 is 0 Å². The molecule has 5 nitrogen and oxygen atoms in total. The molecule has 0 fully saturated rings. The summed E-state index contributed by atoms with van der Waals surface area (Å²) in [5, 5.41) is 11.8.